The average molecular weight is 308 g/mol. The van der Waals surface area contributed by atoms with Gasteiger partial charge in [-0.05, 0) is 12.3 Å². The van der Waals surface area contributed by atoms with E-state index < -0.39 is 21.7 Å². The zero-order valence-electron chi connectivity index (χ0n) is 11.1. The number of allylic oxidation sites excluding steroid dienone is 1. The molecule has 1 aromatic rings. The lowest BCUT2D eigenvalue weighted by Crippen LogP contribution is -2.35. The van der Waals surface area contributed by atoms with Crippen molar-refractivity contribution in [1.29, 1.82) is 0 Å². The largest absolute Gasteiger partial charge is 0.618 e. The zero-order chi connectivity index (χ0) is 15.2. The smallest absolute Gasteiger partial charge is 0.337 e. The minimum absolute atomic E-state index is 0.118. The SMILES string of the molecule is CS(=O)(=O)c1c(C2C=CNC3=C2C(=O)OC3)ccc[n+]1[O-]. The Labute approximate surface area is 121 Å². The summed E-state index contributed by atoms with van der Waals surface area (Å²) in [7, 11) is -3.74. The highest BCUT2D eigenvalue weighted by atomic mass is 32.2. The molecule has 0 aromatic carbocycles. The van der Waals surface area contributed by atoms with E-state index in [1.165, 1.54) is 12.1 Å². The lowest BCUT2D eigenvalue weighted by atomic mass is 9.90. The van der Waals surface area contributed by atoms with Gasteiger partial charge in [-0.25, -0.2) is 13.2 Å². The van der Waals surface area contributed by atoms with E-state index in [9.17, 15) is 18.4 Å². The zero-order valence-corrected chi connectivity index (χ0v) is 11.9. The van der Waals surface area contributed by atoms with E-state index >= 15 is 0 Å². The van der Waals surface area contributed by atoms with Crippen molar-refractivity contribution >= 4 is 15.8 Å². The van der Waals surface area contributed by atoms with Crippen molar-refractivity contribution in [1.82, 2.24) is 5.32 Å². The van der Waals surface area contributed by atoms with Crippen LogP contribution >= 0.6 is 0 Å². The molecule has 8 heteroatoms. The first kappa shape index (κ1) is 13.6. The molecular weight excluding hydrogens is 296 g/mol. The Morgan fingerprint density at radius 3 is 2.95 bits per heavy atom. The molecule has 1 aromatic heterocycles. The van der Waals surface area contributed by atoms with Crippen LogP contribution in [0, 0.1) is 5.21 Å². The standard InChI is InChI=1S/C13H12N2O5S/c1-21(18,19)12-9(3-2-6-15(12)17)8-4-5-14-10-7-20-13(16)11(8)10/h2-6,8,14H,7H2,1H3. The van der Waals surface area contributed by atoms with Gasteiger partial charge in [0.15, 0.2) is 6.20 Å². The third-order valence-corrected chi connectivity index (χ3v) is 4.50. The van der Waals surface area contributed by atoms with Gasteiger partial charge in [0, 0.05) is 23.8 Å². The van der Waals surface area contributed by atoms with Crippen molar-refractivity contribution in [3.05, 3.63) is 52.6 Å². The molecule has 0 saturated heterocycles. The maximum absolute atomic E-state index is 11.9. The number of dihydropyridines is 1. The molecule has 0 fully saturated rings. The summed E-state index contributed by atoms with van der Waals surface area (Å²) in [6.07, 6.45) is 5.33. The van der Waals surface area contributed by atoms with Gasteiger partial charge in [-0.15, -0.1) is 0 Å². The molecule has 2 aliphatic heterocycles. The molecule has 1 N–H and O–H groups in total. The predicted molar refractivity (Wildman–Crippen MR) is 71.5 cm³/mol. The number of esters is 1. The van der Waals surface area contributed by atoms with Crippen molar-refractivity contribution in [3.63, 3.8) is 0 Å². The van der Waals surface area contributed by atoms with E-state index in [2.05, 4.69) is 5.32 Å². The van der Waals surface area contributed by atoms with Crippen LogP contribution in [0.5, 0.6) is 0 Å². The number of ether oxygens (including phenoxy) is 1. The minimum Gasteiger partial charge on any atom is -0.618 e. The third-order valence-electron chi connectivity index (χ3n) is 3.38. The van der Waals surface area contributed by atoms with E-state index in [4.69, 9.17) is 4.74 Å². The molecule has 0 bridgehead atoms. The van der Waals surface area contributed by atoms with Crippen molar-refractivity contribution in [3.8, 4) is 0 Å². The summed E-state index contributed by atoms with van der Waals surface area (Å²) < 4.78 is 29.1. The van der Waals surface area contributed by atoms with Crippen molar-refractivity contribution in [2.24, 2.45) is 0 Å². The monoisotopic (exact) mass is 308 g/mol. The first-order chi connectivity index (χ1) is 9.89. The number of aromatic nitrogens is 1. The number of rotatable bonds is 2. The van der Waals surface area contributed by atoms with Gasteiger partial charge in [0.25, 0.3) is 0 Å². The lowest BCUT2D eigenvalue weighted by molar-refractivity contribution is -0.647. The maximum atomic E-state index is 11.9. The molecule has 110 valence electrons. The van der Waals surface area contributed by atoms with Gasteiger partial charge in [-0.2, -0.15) is 4.73 Å². The van der Waals surface area contributed by atoms with Crippen molar-refractivity contribution in [2.75, 3.05) is 12.9 Å². The number of hydrogen-bond acceptors (Lipinski definition) is 6. The van der Waals surface area contributed by atoms with E-state index in [-0.39, 0.29) is 17.2 Å². The summed E-state index contributed by atoms with van der Waals surface area (Å²) in [4.78, 5) is 11.8. The van der Waals surface area contributed by atoms with Gasteiger partial charge in [0.2, 0.25) is 9.84 Å². The molecule has 0 radical (unpaired) electrons. The fourth-order valence-electron chi connectivity index (χ4n) is 2.56. The number of cyclic esters (lactones) is 1. The van der Waals surface area contributed by atoms with Gasteiger partial charge in [-0.1, -0.05) is 6.08 Å². The van der Waals surface area contributed by atoms with Crippen LogP contribution in [0.4, 0.5) is 0 Å². The van der Waals surface area contributed by atoms with E-state index in [0.29, 0.717) is 16.0 Å². The average Bonchev–Trinajstić information content (AvgIpc) is 2.79. The van der Waals surface area contributed by atoms with E-state index in [1.54, 1.807) is 12.3 Å². The number of pyridine rings is 1. The molecule has 0 amide bonds. The van der Waals surface area contributed by atoms with Crippen LogP contribution in [0.3, 0.4) is 0 Å². The predicted octanol–water partition coefficient (Wildman–Crippen LogP) is -0.265. The molecule has 2 aliphatic rings. The van der Waals surface area contributed by atoms with Gasteiger partial charge in [0.1, 0.15) is 6.61 Å². The molecule has 0 saturated carbocycles. The van der Waals surface area contributed by atoms with Crippen LogP contribution in [0.25, 0.3) is 0 Å². The van der Waals surface area contributed by atoms with Crippen LogP contribution in [-0.4, -0.2) is 27.2 Å². The number of carbonyl (C=O) groups is 1. The van der Waals surface area contributed by atoms with Crippen molar-refractivity contribution in [2.45, 2.75) is 10.9 Å². The number of carbonyl (C=O) groups excluding carboxylic acids is 1. The number of sulfone groups is 1. The Hall–Kier alpha value is -2.35. The number of nitrogens with zero attached hydrogens (tertiary/aromatic N) is 1. The first-order valence-electron chi connectivity index (χ1n) is 6.15. The maximum Gasteiger partial charge on any atom is 0.337 e. The molecule has 1 atom stereocenters. The highest BCUT2D eigenvalue weighted by Gasteiger charge is 2.37. The fraction of sp³-hybridized carbons (Fsp3) is 0.231. The first-order valence-corrected chi connectivity index (χ1v) is 8.04. The van der Waals surface area contributed by atoms with Crippen LogP contribution in [-0.2, 0) is 19.4 Å². The Kier molecular flexibility index (Phi) is 2.98. The van der Waals surface area contributed by atoms with Crippen LogP contribution in [0.1, 0.15) is 11.5 Å². The van der Waals surface area contributed by atoms with Gasteiger partial charge in [-0.3, -0.25) is 0 Å². The van der Waals surface area contributed by atoms with Gasteiger partial charge in [0.05, 0.1) is 11.3 Å². The number of nitrogens with one attached hydrogen (secondary N) is 1. The van der Waals surface area contributed by atoms with Crippen LogP contribution in [0.15, 0.2) is 46.9 Å². The minimum atomic E-state index is -3.74. The molecule has 3 rings (SSSR count). The summed E-state index contributed by atoms with van der Waals surface area (Å²) in [6, 6.07) is 2.98. The quantitative estimate of drug-likeness (QED) is 0.459. The third kappa shape index (κ3) is 2.17. The van der Waals surface area contributed by atoms with Gasteiger partial charge < -0.3 is 15.3 Å². The summed E-state index contributed by atoms with van der Waals surface area (Å²) in [5.41, 5.74) is 1.20. The molecular formula is C13H12N2O5S. The van der Waals surface area contributed by atoms with Crippen LogP contribution < -0.4 is 10.0 Å². The molecule has 1 unspecified atom stereocenters. The van der Waals surface area contributed by atoms with E-state index in [0.717, 1.165) is 12.5 Å². The highest BCUT2D eigenvalue weighted by Crippen LogP contribution is 2.35. The molecule has 21 heavy (non-hydrogen) atoms. The van der Waals surface area contributed by atoms with Crippen LogP contribution in [0.2, 0.25) is 0 Å². The Bertz CT molecular complexity index is 795. The topological polar surface area (TPSA) is 99.4 Å². The second-order valence-electron chi connectivity index (χ2n) is 4.82. The second kappa shape index (κ2) is 4.59. The summed E-state index contributed by atoms with van der Waals surface area (Å²) in [5.74, 6) is -1.13. The Balaban J connectivity index is 2.22. The summed E-state index contributed by atoms with van der Waals surface area (Å²) >= 11 is 0. The highest BCUT2D eigenvalue weighted by molar-refractivity contribution is 7.90. The Morgan fingerprint density at radius 1 is 1.48 bits per heavy atom. The fourth-order valence-corrected chi connectivity index (χ4v) is 3.57. The van der Waals surface area contributed by atoms with E-state index in [1.807, 2.05) is 0 Å². The lowest BCUT2D eigenvalue weighted by Gasteiger charge is -2.19. The summed E-state index contributed by atoms with van der Waals surface area (Å²) in [6.45, 7) is 0.118. The molecule has 0 aliphatic carbocycles. The second-order valence-corrected chi connectivity index (χ2v) is 6.75. The molecule has 0 spiro atoms. The summed E-state index contributed by atoms with van der Waals surface area (Å²) in [5, 5.41) is 14.4. The normalized spacial score (nSPS) is 21.0. The Morgan fingerprint density at radius 2 is 2.24 bits per heavy atom. The molecule has 3 heterocycles. The van der Waals surface area contributed by atoms with Crippen molar-refractivity contribution < 1.29 is 22.7 Å². The van der Waals surface area contributed by atoms with Gasteiger partial charge >= 0.3 is 11.0 Å². The number of hydrogen-bond donors (Lipinski definition) is 1. The molecule has 7 nitrogen and oxygen atoms in total.